The zero-order chi connectivity index (χ0) is 29.9. The predicted octanol–water partition coefficient (Wildman–Crippen LogP) is 6.54. The van der Waals surface area contributed by atoms with E-state index in [1.165, 1.54) is 6.92 Å². The Morgan fingerprint density at radius 1 is 1.03 bits per heavy atom. The van der Waals surface area contributed by atoms with Crippen LogP contribution in [0.3, 0.4) is 0 Å². The van der Waals surface area contributed by atoms with E-state index in [0.717, 1.165) is 7.11 Å². The fourth-order valence-corrected chi connectivity index (χ4v) is 4.01. The first kappa shape index (κ1) is 32.4. The number of nitrogens with zero attached hydrogens (tertiary/aromatic N) is 3. The maximum atomic E-state index is 13.8. The first-order valence-corrected chi connectivity index (χ1v) is 11.8. The Kier molecular flexibility index (Phi) is 10.1. The van der Waals surface area contributed by atoms with Gasteiger partial charge in [0.15, 0.2) is 5.69 Å². The standard InChI is InChI=1S/C22H21BrF9N3O4/c1-4-6-7-34-15(36)10-14(22(30,31)32)33-19(34)35(17(38-3)18(37)39-5-2)13-9-11(20(24,25)26)8-12(16(13)23)21(27,28)29/h8-10,17H,4-7H2,1-3H3. The molecule has 0 N–H and O–H groups in total. The maximum absolute atomic E-state index is 13.8. The van der Waals surface area contributed by atoms with E-state index in [9.17, 15) is 49.1 Å². The van der Waals surface area contributed by atoms with Crippen LogP contribution in [0.4, 0.5) is 51.1 Å². The zero-order valence-corrected chi connectivity index (χ0v) is 22.0. The number of unbranched alkanes of at least 4 members (excludes halogenated alkanes) is 1. The quantitative estimate of drug-likeness (QED) is 0.176. The van der Waals surface area contributed by atoms with Gasteiger partial charge in [0.2, 0.25) is 12.2 Å². The molecule has 218 valence electrons. The monoisotopic (exact) mass is 641 g/mol. The van der Waals surface area contributed by atoms with Crippen LogP contribution in [0.25, 0.3) is 0 Å². The van der Waals surface area contributed by atoms with Gasteiger partial charge in [-0.25, -0.2) is 9.78 Å². The highest BCUT2D eigenvalue weighted by atomic mass is 79.9. The number of rotatable bonds is 9. The van der Waals surface area contributed by atoms with Crippen LogP contribution in [0.1, 0.15) is 43.5 Å². The highest BCUT2D eigenvalue weighted by Crippen LogP contribution is 2.46. The second-order valence-corrected chi connectivity index (χ2v) is 8.64. The van der Waals surface area contributed by atoms with Crippen LogP contribution >= 0.6 is 15.9 Å². The van der Waals surface area contributed by atoms with E-state index in [-0.39, 0.29) is 42.7 Å². The van der Waals surface area contributed by atoms with E-state index in [4.69, 9.17) is 9.47 Å². The zero-order valence-electron chi connectivity index (χ0n) is 20.4. The molecule has 39 heavy (non-hydrogen) atoms. The molecule has 0 aliphatic rings. The van der Waals surface area contributed by atoms with Gasteiger partial charge in [-0.3, -0.25) is 14.3 Å². The second-order valence-electron chi connectivity index (χ2n) is 7.85. The number of alkyl halides is 9. The molecule has 0 amide bonds. The van der Waals surface area contributed by atoms with Crippen LogP contribution < -0.4 is 10.5 Å². The predicted molar refractivity (Wildman–Crippen MR) is 122 cm³/mol. The van der Waals surface area contributed by atoms with Gasteiger partial charge in [-0.2, -0.15) is 39.5 Å². The van der Waals surface area contributed by atoms with Crippen LogP contribution in [-0.4, -0.2) is 35.5 Å². The summed E-state index contributed by atoms with van der Waals surface area (Å²) in [6, 6.07) is 0.0503. The molecule has 1 unspecified atom stereocenters. The van der Waals surface area contributed by atoms with Crippen LogP contribution in [0.2, 0.25) is 0 Å². The third-order valence-corrected chi connectivity index (χ3v) is 5.95. The minimum absolute atomic E-state index is 0.117. The lowest BCUT2D eigenvalue weighted by atomic mass is 10.1. The molecule has 1 atom stereocenters. The van der Waals surface area contributed by atoms with E-state index < -0.39 is 69.2 Å². The van der Waals surface area contributed by atoms with Crippen molar-refractivity contribution in [1.29, 1.82) is 0 Å². The second kappa shape index (κ2) is 12.1. The molecular formula is C22H21BrF9N3O4. The van der Waals surface area contributed by atoms with Crippen molar-refractivity contribution >= 4 is 33.5 Å². The van der Waals surface area contributed by atoms with Crippen molar-refractivity contribution in [3.8, 4) is 0 Å². The smallest absolute Gasteiger partial charge is 0.433 e. The number of esters is 1. The lowest BCUT2D eigenvalue weighted by molar-refractivity contribution is -0.154. The molecule has 0 saturated carbocycles. The van der Waals surface area contributed by atoms with Crippen molar-refractivity contribution in [1.82, 2.24) is 9.55 Å². The van der Waals surface area contributed by atoms with Gasteiger partial charge in [0.05, 0.1) is 27.9 Å². The Hall–Kier alpha value is -2.82. The summed E-state index contributed by atoms with van der Waals surface area (Å²) in [5.41, 5.74) is -7.98. The molecule has 0 bridgehead atoms. The Labute approximate surface area is 223 Å². The average molecular weight is 642 g/mol. The van der Waals surface area contributed by atoms with E-state index in [0.29, 0.717) is 11.0 Å². The Bertz CT molecular complexity index is 1240. The molecule has 17 heteroatoms. The van der Waals surface area contributed by atoms with Gasteiger partial charge in [0.25, 0.3) is 5.56 Å². The van der Waals surface area contributed by atoms with Gasteiger partial charge in [0.1, 0.15) is 0 Å². The van der Waals surface area contributed by atoms with Gasteiger partial charge in [-0.1, -0.05) is 13.3 Å². The van der Waals surface area contributed by atoms with Crippen molar-refractivity contribution in [3.05, 3.63) is 49.8 Å². The van der Waals surface area contributed by atoms with Crippen molar-refractivity contribution in [2.24, 2.45) is 0 Å². The number of hydrogen-bond donors (Lipinski definition) is 0. The van der Waals surface area contributed by atoms with Crippen LogP contribution in [0.5, 0.6) is 0 Å². The lowest BCUT2D eigenvalue weighted by Crippen LogP contribution is -2.44. The summed E-state index contributed by atoms with van der Waals surface area (Å²) in [6.07, 6.45) is -17.8. The molecule has 1 aromatic heterocycles. The number of benzene rings is 1. The fraction of sp³-hybridized carbons (Fsp3) is 0.500. The number of carbonyl (C=O) groups excluding carboxylic acids is 1. The maximum Gasteiger partial charge on any atom is 0.433 e. The van der Waals surface area contributed by atoms with Gasteiger partial charge >= 0.3 is 24.5 Å². The Morgan fingerprint density at radius 2 is 1.64 bits per heavy atom. The van der Waals surface area contributed by atoms with Crippen molar-refractivity contribution in [2.75, 3.05) is 18.6 Å². The van der Waals surface area contributed by atoms with Gasteiger partial charge in [-0.15, -0.1) is 0 Å². The summed E-state index contributed by atoms with van der Waals surface area (Å²) < 4.78 is 133. The van der Waals surface area contributed by atoms with Crippen molar-refractivity contribution in [2.45, 2.75) is 58.0 Å². The Morgan fingerprint density at radius 3 is 2.10 bits per heavy atom. The summed E-state index contributed by atoms with van der Waals surface area (Å²) >= 11 is 2.58. The highest BCUT2D eigenvalue weighted by molar-refractivity contribution is 9.10. The number of halogens is 10. The van der Waals surface area contributed by atoms with E-state index in [1.54, 1.807) is 6.92 Å². The number of carbonyl (C=O) groups is 1. The summed E-state index contributed by atoms with van der Waals surface area (Å²) in [4.78, 5) is 29.1. The van der Waals surface area contributed by atoms with Crippen LogP contribution in [0.15, 0.2) is 27.5 Å². The van der Waals surface area contributed by atoms with Gasteiger partial charge in [0, 0.05) is 19.7 Å². The number of methoxy groups -OCH3 is 1. The number of anilines is 2. The molecule has 1 heterocycles. The average Bonchev–Trinajstić information content (AvgIpc) is 2.79. The minimum Gasteiger partial charge on any atom is -0.463 e. The molecule has 7 nitrogen and oxygen atoms in total. The normalized spacial score (nSPS) is 13.4. The first-order valence-electron chi connectivity index (χ1n) is 11.0. The molecular weight excluding hydrogens is 621 g/mol. The topological polar surface area (TPSA) is 73.7 Å². The summed E-state index contributed by atoms with van der Waals surface area (Å²) in [7, 11) is 0.808. The molecule has 2 aromatic rings. The van der Waals surface area contributed by atoms with E-state index in [2.05, 4.69) is 20.9 Å². The van der Waals surface area contributed by atoms with Crippen LogP contribution in [0, 0.1) is 0 Å². The summed E-state index contributed by atoms with van der Waals surface area (Å²) in [6.45, 7) is 2.27. The Balaban J connectivity index is 3.15. The number of ether oxygens (including phenoxy) is 2. The lowest BCUT2D eigenvalue weighted by Gasteiger charge is -2.33. The molecule has 0 saturated heterocycles. The molecule has 1 aromatic carbocycles. The summed E-state index contributed by atoms with van der Waals surface area (Å²) in [5.74, 6) is -2.50. The fourth-order valence-electron chi connectivity index (χ4n) is 3.36. The molecule has 0 aliphatic carbocycles. The highest BCUT2D eigenvalue weighted by Gasteiger charge is 2.43. The van der Waals surface area contributed by atoms with Crippen molar-refractivity contribution < 1.29 is 53.8 Å². The third-order valence-electron chi connectivity index (χ3n) is 5.12. The van der Waals surface area contributed by atoms with Gasteiger partial charge in [-0.05, 0) is 41.4 Å². The minimum atomic E-state index is -5.39. The molecule has 0 fully saturated rings. The molecule has 0 aliphatic heterocycles. The van der Waals surface area contributed by atoms with Gasteiger partial charge < -0.3 is 9.47 Å². The number of hydrogen-bond acceptors (Lipinski definition) is 6. The molecule has 0 radical (unpaired) electrons. The first-order chi connectivity index (χ1) is 17.9. The summed E-state index contributed by atoms with van der Waals surface area (Å²) in [5, 5.41) is 0. The van der Waals surface area contributed by atoms with E-state index in [1.807, 2.05) is 0 Å². The largest absolute Gasteiger partial charge is 0.463 e. The number of aromatic nitrogens is 2. The van der Waals surface area contributed by atoms with Crippen LogP contribution in [-0.2, 0) is 39.3 Å². The van der Waals surface area contributed by atoms with Crippen molar-refractivity contribution in [3.63, 3.8) is 0 Å². The molecule has 0 spiro atoms. The third kappa shape index (κ3) is 7.43. The molecule has 2 rings (SSSR count). The SMILES string of the molecule is CCCCn1c(N(c2cc(C(F)(F)F)cc(C(F)(F)F)c2Br)C(OC)C(=O)OCC)nc(C(F)(F)F)cc1=O. The van der Waals surface area contributed by atoms with E-state index >= 15 is 0 Å².